The van der Waals surface area contributed by atoms with Crippen LogP contribution in [0.25, 0.3) is 0 Å². The molecule has 3 aliphatic heterocycles. The molecule has 4 heterocycles. The van der Waals surface area contributed by atoms with Gasteiger partial charge in [0.05, 0.1) is 25.6 Å². The zero-order valence-electron chi connectivity index (χ0n) is 16.7. The maximum absolute atomic E-state index is 12.9. The van der Waals surface area contributed by atoms with Crippen molar-refractivity contribution in [1.82, 2.24) is 14.9 Å². The van der Waals surface area contributed by atoms with Crippen LogP contribution < -0.4 is 4.74 Å². The van der Waals surface area contributed by atoms with Crippen LogP contribution >= 0.6 is 0 Å². The first kappa shape index (κ1) is 19.4. The van der Waals surface area contributed by atoms with Crippen molar-refractivity contribution in [3.05, 3.63) is 52.8 Å². The van der Waals surface area contributed by atoms with Crippen LogP contribution in [0.1, 0.15) is 33.6 Å². The Morgan fingerprint density at radius 1 is 1.27 bits per heavy atom. The second-order valence-corrected chi connectivity index (χ2v) is 10.7. The molecule has 2 aromatic rings. The average molecular weight is 429 g/mol. The molecule has 158 valence electrons. The third-order valence-corrected chi connectivity index (χ3v) is 9.06. The number of aromatic nitrogens is 2. The third-order valence-electron chi connectivity index (χ3n) is 6.46. The normalized spacial score (nSPS) is 23.2. The van der Waals surface area contributed by atoms with Gasteiger partial charge in [-0.25, -0.2) is 18.4 Å². The van der Waals surface area contributed by atoms with E-state index in [1.165, 1.54) is 0 Å². The van der Waals surface area contributed by atoms with Crippen LogP contribution in [0.15, 0.2) is 30.5 Å². The van der Waals surface area contributed by atoms with Gasteiger partial charge in [0, 0.05) is 36.5 Å². The van der Waals surface area contributed by atoms with E-state index in [4.69, 9.17) is 9.47 Å². The Balaban J connectivity index is 1.30. The SMILES string of the molecule is Cc1ccnc(OC[C@H]2CCS(=O)(=O)C23CN(C(=O)c2ccc4c(c2)COC4)C3)n1. The molecule has 30 heavy (non-hydrogen) atoms. The lowest BCUT2D eigenvalue weighted by Crippen LogP contribution is -2.68. The average Bonchev–Trinajstić information content (AvgIpc) is 3.25. The molecule has 1 amide bonds. The minimum Gasteiger partial charge on any atom is -0.463 e. The predicted molar refractivity (Wildman–Crippen MR) is 108 cm³/mol. The van der Waals surface area contributed by atoms with Gasteiger partial charge in [0.1, 0.15) is 4.75 Å². The molecule has 0 N–H and O–H groups in total. The summed E-state index contributed by atoms with van der Waals surface area (Å²) in [5, 5.41) is 0. The Morgan fingerprint density at radius 2 is 2.07 bits per heavy atom. The number of amides is 1. The first-order chi connectivity index (χ1) is 14.4. The largest absolute Gasteiger partial charge is 0.463 e. The first-order valence-corrected chi connectivity index (χ1v) is 11.7. The quantitative estimate of drug-likeness (QED) is 0.727. The number of likely N-dealkylation sites (tertiary alicyclic amines) is 1. The first-order valence-electron chi connectivity index (χ1n) is 10.0. The van der Waals surface area contributed by atoms with E-state index < -0.39 is 14.6 Å². The monoisotopic (exact) mass is 429 g/mol. The number of fused-ring (bicyclic) bond motifs is 1. The molecule has 3 aliphatic rings. The van der Waals surface area contributed by atoms with E-state index in [1.807, 2.05) is 19.1 Å². The number of hydrogen-bond acceptors (Lipinski definition) is 7. The lowest BCUT2D eigenvalue weighted by atomic mass is 9.83. The fraction of sp³-hybridized carbons (Fsp3) is 0.476. The zero-order valence-corrected chi connectivity index (χ0v) is 17.5. The van der Waals surface area contributed by atoms with E-state index in [0.29, 0.717) is 25.2 Å². The Hall–Kier alpha value is -2.52. The summed E-state index contributed by atoms with van der Waals surface area (Å²) in [6, 6.07) is 7.58. The molecular weight excluding hydrogens is 406 g/mol. The van der Waals surface area contributed by atoms with Crippen molar-refractivity contribution in [2.24, 2.45) is 5.92 Å². The number of ether oxygens (including phenoxy) is 2. The molecule has 9 heteroatoms. The van der Waals surface area contributed by atoms with E-state index in [9.17, 15) is 13.2 Å². The third kappa shape index (κ3) is 3.07. The summed E-state index contributed by atoms with van der Waals surface area (Å²) >= 11 is 0. The van der Waals surface area contributed by atoms with Crippen molar-refractivity contribution in [2.45, 2.75) is 31.3 Å². The number of sulfone groups is 1. The smallest absolute Gasteiger partial charge is 0.316 e. The minimum atomic E-state index is -3.30. The molecule has 1 atom stereocenters. The molecule has 0 unspecified atom stereocenters. The van der Waals surface area contributed by atoms with Gasteiger partial charge < -0.3 is 14.4 Å². The topological polar surface area (TPSA) is 98.7 Å². The molecule has 5 rings (SSSR count). The van der Waals surface area contributed by atoms with Gasteiger partial charge in [-0.15, -0.1) is 0 Å². The number of carbonyl (C=O) groups is 1. The Bertz CT molecular complexity index is 1110. The van der Waals surface area contributed by atoms with Crippen LogP contribution in [-0.4, -0.2) is 59.4 Å². The van der Waals surface area contributed by atoms with Crippen molar-refractivity contribution in [3.63, 3.8) is 0 Å². The van der Waals surface area contributed by atoms with Crippen LogP contribution in [0.3, 0.4) is 0 Å². The number of rotatable bonds is 4. The van der Waals surface area contributed by atoms with Gasteiger partial charge in [-0.2, -0.15) is 0 Å². The maximum atomic E-state index is 12.9. The number of nitrogens with zero attached hydrogens (tertiary/aromatic N) is 3. The predicted octanol–water partition coefficient (Wildman–Crippen LogP) is 1.52. The maximum Gasteiger partial charge on any atom is 0.316 e. The summed E-state index contributed by atoms with van der Waals surface area (Å²) in [5.74, 6) is -0.211. The molecule has 0 bridgehead atoms. The van der Waals surface area contributed by atoms with Gasteiger partial charge in [-0.05, 0) is 42.7 Å². The van der Waals surface area contributed by atoms with Crippen LogP contribution in [0.4, 0.5) is 0 Å². The molecule has 8 nitrogen and oxygen atoms in total. The molecule has 1 aromatic carbocycles. The molecule has 1 aromatic heterocycles. The van der Waals surface area contributed by atoms with E-state index in [2.05, 4.69) is 9.97 Å². The second-order valence-electron chi connectivity index (χ2n) is 8.30. The second kappa shape index (κ2) is 7.02. The highest BCUT2D eigenvalue weighted by molar-refractivity contribution is 7.93. The van der Waals surface area contributed by atoms with Crippen molar-refractivity contribution < 1.29 is 22.7 Å². The van der Waals surface area contributed by atoms with Crippen molar-refractivity contribution in [1.29, 1.82) is 0 Å². The van der Waals surface area contributed by atoms with Gasteiger partial charge in [0.2, 0.25) is 0 Å². The van der Waals surface area contributed by atoms with E-state index in [1.54, 1.807) is 23.2 Å². The lowest BCUT2D eigenvalue weighted by Gasteiger charge is -2.49. The standard InChI is InChI=1S/C21H23N3O5S/c1-14-4-6-22-20(23-14)29-11-18-5-7-30(26,27)21(18)12-24(13-21)19(25)15-2-3-16-9-28-10-17(16)8-15/h2-4,6,8,18H,5,7,9-13H2,1H3/t18-/m1/s1. The van der Waals surface area contributed by atoms with Gasteiger partial charge in [0.15, 0.2) is 9.84 Å². The number of aryl methyl sites for hydroxylation is 1. The molecule has 2 saturated heterocycles. The molecule has 0 saturated carbocycles. The molecule has 0 radical (unpaired) electrons. The minimum absolute atomic E-state index is 0.119. The fourth-order valence-electron chi connectivity index (χ4n) is 4.61. The number of carbonyl (C=O) groups excluding carboxylic acids is 1. The zero-order chi connectivity index (χ0) is 20.9. The highest BCUT2D eigenvalue weighted by atomic mass is 32.2. The molecule has 2 fully saturated rings. The van der Waals surface area contributed by atoms with E-state index in [0.717, 1.165) is 16.8 Å². The van der Waals surface area contributed by atoms with Gasteiger partial charge in [-0.3, -0.25) is 4.79 Å². The van der Waals surface area contributed by atoms with Crippen LogP contribution in [-0.2, 0) is 27.8 Å². The summed E-state index contributed by atoms with van der Waals surface area (Å²) in [7, 11) is -3.30. The summed E-state index contributed by atoms with van der Waals surface area (Å²) in [6.07, 6.45) is 2.14. The van der Waals surface area contributed by atoms with Gasteiger partial charge in [0.25, 0.3) is 5.91 Å². The van der Waals surface area contributed by atoms with Crippen LogP contribution in [0, 0.1) is 12.8 Å². The highest BCUT2D eigenvalue weighted by Gasteiger charge is 2.62. The molecule has 0 aliphatic carbocycles. The highest BCUT2D eigenvalue weighted by Crippen LogP contribution is 2.45. The van der Waals surface area contributed by atoms with Gasteiger partial charge in [-0.1, -0.05) is 6.07 Å². The Labute approximate surface area is 175 Å². The summed E-state index contributed by atoms with van der Waals surface area (Å²) in [4.78, 5) is 22.9. The van der Waals surface area contributed by atoms with Crippen LogP contribution in [0.2, 0.25) is 0 Å². The number of benzene rings is 1. The Morgan fingerprint density at radius 3 is 2.87 bits per heavy atom. The number of hydrogen-bond donors (Lipinski definition) is 0. The molecule has 1 spiro atoms. The van der Waals surface area contributed by atoms with Crippen LogP contribution in [0.5, 0.6) is 6.01 Å². The molecular formula is C21H23N3O5S. The van der Waals surface area contributed by atoms with E-state index in [-0.39, 0.29) is 43.3 Å². The summed E-state index contributed by atoms with van der Waals surface area (Å²) in [5.41, 5.74) is 3.48. The van der Waals surface area contributed by atoms with Gasteiger partial charge >= 0.3 is 6.01 Å². The van der Waals surface area contributed by atoms with Crippen molar-refractivity contribution in [2.75, 3.05) is 25.4 Å². The lowest BCUT2D eigenvalue weighted by molar-refractivity contribution is 0.0403. The Kier molecular flexibility index (Phi) is 4.55. The fourth-order valence-corrected chi connectivity index (χ4v) is 7.01. The summed E-state index contributed by atoms with van der Waals surface area (Å²) < 4.78 is 35.9. The van der Waals surface area contributed by atoms with Crippen molar-refractivity contribution >= 4 is 15.7 Å². The van der Waals surface area contributed by atoms with Crippen molar-refractivity contribution in [3.8, 4) is 6.01 Å². The summed E-state index contributed by atoms with van der Waals surface area (Å²) in [6.45, 7) is 3.54. The van der Waals surface area contributed by atoms with E-state index >= 15 is 0 Å².